The number of amides is 2. The van der Waals surface area contributed by atoms with Gasteiger partial charge in [0, 0.05) is 26.2 Å². The van der Waals surface area contributed by atoms with Gasteiger partial charge in [0.15, 0.2) is 0 Å². The van der Waals surface area contributed by atoms with Gasteiger partial charge in [0.2, 0.25) is 11.8 Å². The maximum atomic E-state index is 12.5. The van der Waals surface area contributed by atoms with E-state index in [2.05, 4.69) is 0 Å². The Bertz CT molecular complexity index is 623. The van der Waals surface area contributed by atoms with E-state index in [1.165, 1.54) is 0 Å². The van der Waals surface area contributed by atoms with Crippen molar-refractivity contribution in [2.24, 2.45) is 11.1 Å². The molecule has 1 saturated heterocycles. The van der Waals surface area contributed by atoms with Gasteiger partial charge < -0.3 is 20.3 Å². The lowest BCUT2D eigenvalue weighted by Crippen LogP contribution is -2.57. The second kappa shape index (κ2) is 9.24. The van der Waals surface area contributed by atoms with Crippen LogP contribution in [0.3, 0.4) is 0 Å². The number of benzene rings is 1. The molecule has 2 N–H and O–H groups in total. The van der Waals surface area contributed by atoms with Crippen molar-refractivity contribution in [1.82, 2.24) is 9.80 Å². The monoisotopic (exact) mass is 383 g/mol. The number of nitrogens with two attached hydrogens (primary N) is 1. The van der Waals surface area contributed by atoms with Crippen LogP contribution in [0.1, 0.15) is 26.3 Å². The molecule has 0 aromatic heterocycles. The van der Waals surface area contributed by atoms with Crippen LogP contribution >= 0.6 is 12.4 Å². The highest BCUT2D eigenvalue weighted by Crippen LogP contribution is 2.20. The van der Waals surface area contributed by atoms with Crippen LogP contribution < -0.4 is 10.5 Å². The van der Waals surface area contributed by atoms with Gasteiger partial charge in [-0.1, -0.05) is 32.9 Å². The lowest BCUT2D eigenvalue weighted by Gasteiger charge is -2.38. The molecule has 0 aliphatic carbocycles. The van der Waals surface area contributed by atoms with Crippen LogP contribution in [0, 0.1) is 5.41 Å². The Balaban J connectivity index is 0.00000338. The fourth-order valence-corrected chi connectivity index (χ4v) is 2.81. The van der Waals surface area contributed by atoms with E-state index < -0.39 is 6.04 Å². The molecule has 1 aromatic rings. The summed E-state index contributed by atoms with van der Waals surface area (Å²) < 4.78 is 5.19. The SMILES string of the molecule is COc1cccc(CC(=O)N2CCN(C(=O)[C@@H](N)C(C)(C)C)CC2)c1.Cl. The molecule has 7 heteroatoms. The maximum absolute atomic E-state index is 12.5. The first kappa shape index (κ1) is 22.3. The van der Waals surface area contributed by atoms with Crippen molar-refractivity contribution < 1.29 is 14.3 Å². The Morgan fingerprint density at radius 1 is 1.15 bits per heavy atom. The van der Waals surface area contributed by atoms with Crippen molar-refractivity contribution >= 4 is 24.2 Å². The normalized spacial score (nSPS) is 15.9. The average Bonchev–Trinajstić information content (AvgIpc) is 2.60. The predicted molar refractivity (Wildman–Crippen MR) is 105 cm³/mol. The minimum absolute atomic E-state index is 0. The molecule has 6 nitrogen and oxygen atoms in total. The Hall–Kier alpha value is -1.79. The zero-order valence-electron chi connectivity index (χ0n) is 16.0. The number of ether oxygens (including phenoxy) is 1. The first-order valence-electron chi connectivity index (χ1n) is 8.67. The Morgan fingerprint density at radius 2 is 1.73 bits per heavy atom. The summed E-state index contributed by atoms with van der Waals surface area (Å²) in [5.74, 6) is 0.782. The fourth-order valence-electron chi connectivity index (χ4n) is 2.81. The summed E-state index contributed by atoms with van der Waals surface area (Å²) >= 11 is 0. The van der Waals surface area contributed by atoms with Gasteiger partial charge in [-0.25, -0.2) is 0 Å². The molecule has 0 saturated carbocycles. The lowest BCUT2D eigenvalue weighted by atomic mass is 9.86. The van der Waals surface area contributed by atoms with Crippen molar-refractivity contribution in [3.63, 3.8) is 0 Å². The molecule has 1 fully saturated rings. The number of carbonyl (C=O) groups excluding carboxylic acids is 2. The number of halogens is 1. The van der Waals surface area contributed by atoms with E-state index in [1.54, 1.807) is 12.0 Å². The minimum atomic E-state index is -0.522. The van der Waals surface area contributed by atoms with E-state index in [-0.39, 0.29) is 29.6 Å². The molecule has 2 amide bonds. The number of hydrogen-bond donors (Lipinski definition) is 1. The molecule has 0 spiro atoms. The topological polar surface area (TPSA) is 75.9 Å². The number of rotatable bonds is 4. The highest BCUT2D eigenvalue weighted by molar-refractivity contribution is 5.85. The summed E-state index contributed by atoms with van der Waals surface area (Å²) in [5.41, 5.74) is 6.73. The van der Waals surface area contributed by atoms with Gasteiger partial charge in [-0.3, -0.25) is 9.59 Å². The van der Waals surface area contributed by atoms with Crippen LogP contribution in [0.25, 0.3) is 0 Å². The van der Waals surface area contributed by atoms with E-state index in [0.717, 1.165) is 11.3 Å². The maximum Gasteiger partial charge on any atom is 0.240 e. The minimum Gasteiger partial charge on any atom is -0.497 e. The smallest absolute Gasteiger partial charge is 0.240 e. The molecule has 1 heterocycles. The number of hydrogen-bond acceptors (Lipinski definition) is 4. The molecular formula is C19H30ClN3O3. The third kappa shape index (κ3) is 5.61. The number of carbonyl (C=O) groups is 2. The molecule has 0 unspecified atom stereocenters. The molecule has 146 valence electrons. The first-order chi connectivity index (χ1) is 11.7. The van der Waals surface area contributed by atoms with Gasteiger partial charge in [0.25, 0.3) is 0 Å². The average molecular weight is 384 g/mol. The summed E-state index contributed by atoms with van der Waals surface area (Å²) in [6.07, 6.45) is 0.340. The Kier molecular flexibility index (Phi) is 7.90. The van der Waals surface area contributed by atoms with Crippen molar-refractivity contribution in [2.75, 3.05) is 33.3 Å². The van der Waals surface area contributed by atoms with E-state index >= 15 is 0 Å². The van der Waals surface area contributed by atoms with E-state index in [9.17, 15) is 9.59 Å². The van der Waals surface area contributed by atoms with E-state index in [4.69, 9.17) is 10.5 Å². The lowest BCUT2D eigenvalue weighted by molar-refractivity contribution is -0.141. The molecular weight excluding hydrogens is 354 g/mol. The summed E-state index contributed by atoms with van der Waals surface area (Å²) in [4.78, 5) is 28.5. The van der Waals surface area contributed by atoms with Gasteiger partial charge in [-0.2, -0.15) is 0 Å². The second-order valence-electron chi connectivity index (χ2n) is 7.58. The Morgan fingerprint density at radius 3 is 2.27 bits per heavy atom. The van der Waals surface area contributed by atoms with Crippen LogP contribution in [0.2, 0.25) is 0 Å². The van der Waals surface area contributed by atoms with Crippen molar-refractivity contribution in [1.29, 1.82) is 0 Å². The third-order valence-corrected chi connectivity index (χ3v) is 4.63. The number of piperazine rings is 1. The van der Waals surface area contributed by atoms with Crippen LogP contribution in [0.5, 0.6) is 5.75 Å². The molecule has 0 radical (unpaired) electrons. The first-order valence-corrected chi connectivity index (χ1v) is 8.67. The van der Waals surface area contributed by atoms with Gasteiger partial charge in [0.05, 0.1) is 19.6 Å². The molecule has 1 aliphatic rings. The van der Waals surface area contributed by atoms with Crippen LogP contribution in [0.15, 0.2) is 24.3 Å². The molecule has 1 atom stereocenters. The van der Waals surface area contributed by atoms with Crippen LogP contribution in [-0.4, -0.2) is 60.9 Å². The van der Waals surface area contributed by atoms with Gasteiger partial charge in [0.1, 0.15) is 5.75 Å². The fraction of sp³-hybridized carbons (Fsp3) is 0.579. The van der Waals surface area contributed by atoms with Gasteiger partial charge in [-0.15, -0.1) is 12.4 Å². The van der Waals surface area contributed by atoms with Crippen LogP contribution in [0.4, 0.5) is 0 Å². The molecule has 1 aromatic carbocycles. The second-order valence-corrected chi connectivity index (χ2v) is 7.58. The van der Waals surface area contributed by atoms with E-state index in [1.807, 2.05) is 49.9 Å². The van der Waals surface area contributed by atoms with E-state index in [0.29, 0.717) is 32.6 Å². The zero-order chi connectivity index (χ0) is 18.6. The van der Waals surface area contributed by atoms with Gasteiger partial charge in [-0.05, 0) is 23.1 Å². The quantitative estimate of drug-likeness (QED) is 0.858. The predicted octanol–water partition coefficient (Wildman–Crippen LogP) is 1.70. The summed E-state index contributed by atoms with van der Waals surface area (Å²) in [7, 11) is 1.61. The standard InChI is InChI=1S/C19H29N3O3.ClH/c1-19(2,3)17(20)18(24)22-10-8-21(9-11-22)16(23)13-14-6-5-7-15(12-14)25-4;/h5-7,12,17H,8-11,13,20H2,1-4H3;1H/t17-;/m1./s1. The Labute approximate surface area is 162 Å². The number of nitrogens with zero attached hydrogens (tertiary/aromatic N) is 2. The molecule has 0 bridgehead atoms. The van der Waals surface area contributed by atoms with Crippen molar-refractivity contribution in [3.8, 4) is 5.75 Å². The molecule has 1 aliphatic heterocycles. The van der Waals surface area contributed by atoms with Gasteiger partial charge >= 0.3 is 0 Å². The van der Waals surface area contributed by atoms with Crippen molar-refractivity contribution in [3.05, 3.63) is 29.8 Å². The molecule has 2 rings (SSSR count). The number of methoxy groups -OCH3 is 1. The third-order valence-electron chi connectivity index (χ3n) is 4.63. The molecule has 26 heavy (non-hydrogen) atoms. The largest absolute Gasteiger partial charge is 0.497 e. The summed E-state index contributed by atoms with van der Waals surface area (Å²) in [6, 6.07) is 7.01. The summed E-state index contributed by atoms with van der Waals surface area (Å²) in [5, 5.41) is 0. The summed E-state index contributed by atoms with van der Waals surface area (Å²) in [6.45, 7) is 8.05. The van der Waals surface area contributed by atoms with Crippen molar-refractivity contribution in [2.45, 2.75) is 33.2 Å². The zero-order valence-corrected chi connectivity index (χ0v) is 16.8. The highest BCUT2D eigenvalue weighted by atomic mass is 35.5. The van der Waals surface area contributed by atoms with Crippen LogP contribution in [-0.2, 0) is 16.0 Å². The highest BCUT2D eigenvalue weighted by Gasteiger charge is 2.33.